The zero-order valence-corrected chi connectivity index (χ0v) is 9.95. The summed E-state index contributed by atoms with van der Waals surface area (Å²) in [5.74, 6) is 0.414. The summed E-state index contributed by atoms with van der Waals surface area (Å²) in [6, 6.07) is 5.78. The number of hydrogen-bond acceptors (Lipinski definition) is 2. The Hall–Kier alpha value is -0.380. The normalized spacial score (nSPS) is 13.3. The standard InChI is InChI=1S/C11H15BrO2/c1-7(2)8-3-9(11(14)6-13)5-10(12)4-8/h3-5,7,11,13-14H,6H2,1-2H3. The lowest BCUT2D eigenvalue weighted by Crippen LogP contribution is -2.03. The van der Waals surface area contributed by atoms with Crippen molar-refractivity contribution in [3.8, 4) is 0 Å². The second-order valence-corrected chi connectivity index (χ2v) is 4.59. The highest BCUT2D eigenvalue weighted by Gasteiger charge is 2.09. The molecule has 0 heterocycles. The molecular weight excluding hydrogens is 244 g/mol. The van der Waals surface area contributed by atoms with Crippen LogP contribution in [0.1, 0.15) is 37.0 Å². The first kappa shape index (κ1) is 11.7. The van der Waals surface area contributed by atoms with Gasteiger partial charge < -0.3 is 10.2 Å². The van der Waals surface area contributed by atoms with E-state index in [0.29, 0.717) is 5.92 Å². The monoisotopic (exact) mass is 258 g/mol. The highest BCUT2D eigenvalue weighted by atomic mass is 79.9. The first-order valence-electron chi connectivity index (χ1n) is 4.64. The Labute approximate surface area is 92.7 Å². The number of hydrogen-bond donors (Lipinski definition) is 2. The van der Waals surface area contributed by atoms with Crippen molar-refractivity contribution in [1.29, 1.82) is 0 Å². The van der Waals surface area contributed by atoms with Crippen molar-refractivity contribution in [2.75, 3.05) is 6.61 Å². The van der Waals surface area contributed by atoms with Crippen LogP contribution in [0.15, 0.2) is 22.7 Å². The molecule has 0 saturated carbocycles. The highest BCUT2D eigenvalue weighted by molar-refractivity contribution is 9.10. The maximum absolute atomic E-state index is 9.49. The Morgan fingerprint density at radius 1 is 1.21 bits per heavy atom. The van der Waals surface area contributed by atoms with Crippen LogP contribution in [0.3, 0.4) is 0 Å². The van der Waals surface area contributed by atoms with Crippen molar-refractivity contribution >= 4 is 15.9 Å². The minimum atomic E-state index is -0.787. The Morgan fingerprint density at radius 2 is 1.79 bits per heavy atom. The molecule has 0 fully saturated rings. The van der Waals surface area contributed by atoms with Crippen LogP contribution in [-0.2, 0) is 0 Å². The van der Waals surface area contributed by atoms with E-state index in [1.165, 1.54) is 0 Å². The van der Waals surface area contributed by atoms with Crippen molar-refractivity contribution in [1.82, 2.24) is 0 Å². The molecule has 0 aliphatic heterocycles. The molecule has 2 N–H and O–H groups in total. The molecule has 0 aliphatic carbocycles. The van der Waals surface area contributed by atoms with Gasteiger partial charge in [-0.2, -0.15) is 0 Å². The van der Waals surface area contributed by atoms with Crippen molar-refractivity contribution < 1.29 is 10.2 Å². The summed E-state index contributed by atoms with van der Waals surface area (Å²) in [6.45, 7) is 3.95. The van der Waals surface area contributed by atoms with Crippen LogP contribution in [0.25, 0.3) is 0 Å². The fraction of sp³-hybridized carbons (Fsp3) is 0.455. The van der Waals surface area contributed by atoms with Gasteiger partial charge in [0.25, 0.3) is 0 Å². The Balaban J connectivity index is 3.07. The molecule has 2 nitrogen and oxygen atoms in total. The molecule has 0 spiro atoms. The van der Waals surface area contributed by atoms with Crippen LogP contribution in [0, 0.1) is 0 Å². The molecule has 1 aromatic carbocycles. The first-order valence-corrected chi connectivity index (χ1v) is 5.43. The zero-order chi connectivity index (χ0) is 10.7. The van der Waals surface area contributed by atoms with Crippen molar-refractivity contribution in [3.05, 3.63) is 33.8 Å². The van der Waals surface area contributed by atoms with Crippen LogP contribution in [0.2, 0.25) is 0 Å². The van der Waals surface area contributed by atoms with Crippen molar-refractivity contribution in [2.45, 2.75) is 25.9 Å². The fourth-order valence-electron chi connectivity index (χ4n) is 1.27. The highest BCUT2D eigenvalue weighted by Crippen LogP contribution is 2.25. The quantitative estimate of drug-likeness (QED) is 0.875. The molecule has 1 rings (SSSR count). The maximum atomic E-state index is 9.49. The average molecular weight is 259 g/mol. The van der Waals surface area contributed by atoms with E-state index in [2.05, 4.69) is 29.8 Å². The van der Waals surface area contributed by atoms with Gasteiger partial charge in [0.2, 0.25) is 0 Å². The Kier molecular flexibility index (Phi) is 4.11. The van der Waals surface area contributed by atoms with E-state index in [1.54, 1.807) is 0 Å². The smallest absolute Gasteiger partial charge is 0.102 e. The Bertz CT molecular complexity index is 310. The number of rotatable bonds is 3. The third-order valence-electron chi connectivity index (χ3n) is 2.17. The largest absolute Gasteiger partial charge is 0.393 e. The number of benzene rings is 1. The predicted molar refractivity (Wildman–Crippen MR) is 60.3 cm³/mol. The maximum Gasteiger partial charge on any atom is 0.102 e. The molecule has 0 aromatic heterocycles. The molecule has 3 heteroatoms. The van der Waals surface area contributed by atoms with Gasteiger partial charge >= 0.3 is 0 Å². The van der Waals surface area contributed by atoms with Crippen LogP contribution in [0.4, 0.5) is 0 Å². The first-order chi connectivity index (χ1) is 6.54. The number of halogens is 1. The Morgan fingerprint density at radius 3 is 2.29 bits per heavy atom. The van der Waals surface area contributed by atoms with Gasteiger partial charge in [0.15, 0.2) is 0 Å². The van der Waals surface area contributed by atoms with E-state index >= 15 is 0 Å². The van der Waals surface area contributed by atoms with E-state index in [9.17, 15) is 5.11 Å². The molecule has 78 valence electrons. The molecular formula is C11H15BrO2. The third-order valence-corrected chi connectivity index (χ3v) is 2.62. The second-order valence-electron chi connectivity index (χ2n) is 3.67. The minimum Gasteiger partial charge on any atom is -0.393 e. The van der Waals surface area contributed by atoms with Gasteiger partial charge in [-0.3, -0.25) is 0 Å². The lowest BCUT2D eigenvalue weighted by molar-refractivity contribution is 0.0955. The van der Waals surface area contributed by atoms with E-state index in [4.69, 9.17) is 5.11 Å². The summed E-state index contributed by atoms with van der Waals surface area (Å²) in [5.41, 5.74) is 1.91. The van der Waals surface area contributed by atoms with Crippen molar-refractivity contribution in [2.24, 2.45) is 0 Å². The van der Waals surface area contributed by atoms with Gasteiger partial charge in [0, 0.05) is 4.47 Å². The van der Waals surface area contributed by atoms with Crippen molar-refractivity contribution in [3.63, 3.8) is 0 Å². The van der Waals surface area contributed by atoms with Crippen LogP contribution >= 0.6 is 15.9 Å². The summed E-state index contributed by atoms with van der Waals surface area (Å²) in [4.78, 5) is 0. The van der Waals surface area contributed by atoms with E-state index in [-0.39, 0.29) is 6.61 Å². The lowest BCUT2D eigenvalue weighted by Gasteiger charge is -2.12. The van der Waals surface area contributed by atoms with E-state index < -0.39 is 6.10 Å². The summed E-state index contributed by atoms with van der Waals surface area (Å²) in [5, 5.41) is 18.3. The SMILES string of the molecule is CC(C)c1cc(Br)cc(C(O)CO)c1. The van der Waals surface area contributed by atoms with Crippen LogP contribution in [-0.4, -0.2) is 16.8 Å². The molecule has 1 atom stereocenters. The molecule has 0 saturated heterocycles. The van der Waals surface area contributed by atoms with Crippen LogP contribution < -0.4 is 0 Å². The number of aliphatic hydroxyl groups excluding tert-OH is 2. The van der Waals surface area contributed by atoms with E-state index in [1.807, 2.05) is 18.2 Å². The predicted octanol–water partition coefficient (Wildman–Crippen LogP) is 2.60. The van der Waals surface area contributed by atoms with Gasteiger partial charge in [0.05, 0.1) is 6.61 Å². The summed E-state index contributed by atoms with van der Waals surface area (Å²) >= 11 is 3.39. The van der Waals surface area contributed by atoms with Gasteiger partial charge in [-0.15, -0.1) is 0 Å². The van der Waals surface area contributed by atoms with Gasteiger partial charge in [-0.05, 0) is 29.2 Å². The second kappa shape index (κ2) is 4.91. The molecule has 14 heavy (non-hydrogen) atoms. The topological polar surface area (TPSA) is 40.5 Å². The summed E-state index contributed by atoms with van der Waals surface area (Å²) in [7, 11) is 0. The van der Waals surface area contributed by atoms with Gasteiger partial charge in [-0.1, -0.05) is 35.8 Å². The van der Waals surface area contributed by atoms with Gasteiger partial charge in [-0.25, -0.2) is 0 Å². The van der Waals surface area contributed by atoms with Crippen LogP contribution in [0.5, 0.6) is 0 Å². The molecule has 0 amide bonds. The lowest BCUT2D eigenvalue weighted by atomic mass is 9.99. The molecule has 0 radical (unpaired) electrons. The molecule has 1 unspecified atom stereocenters. The molecule has 1 aromatic rings. The summed E-state index contributed by atoms with van der Waals surface area (Å²) < 4.78 is 0.936. The third kappa shape index (κ3) is 2.80. The molecule has 0 bridgehead atoms. The number of aliphatic hydroxyl groups is 2. The zero-order valence-electron chi connectivity index (χ0n) is 8.37. The fourth-order valence-corrected chi connectivity index (χ4v) is 1.80. The van der Waals surface area contributed by atoms with Gasteiger partial charge in [0.1, 0.15) is 6.10 Å². The average Bonchev–Trinajstić information content (AvgIpc) is 2.15. The summed E-state index contributed by atoms with van der Waals surface area (Å²) in [6.07, 6.45) is -0.787. The molecule has 0 aliphatic rings. The van der Waals surface area contributed by atoms with E-state index in [0.717, 1.165) is 15.6 Å². The minimum absolute atomic E-state index is 0.242.